The molecule has 0 aliphatic heterocycles. The maximum absolute atomic E-state index is 4.30. The summed E-state index contributed by atoms with van der Waals surface area (Å²) in [5.41, 5.74) is 3.43. The van der Waals surface area contributed by atoms with E-state index in [4.69, 9.17) is 0 Å². The summed E-state index contributed by atoms with van der Waals surface area (Å²) in [6, 6.07) is 7.56. The first-order valence-electron chi connectivity index (χ1n) is 5.19. The Morgan fingerprint density at radius 2 is 1.22 bits per heavy atom. The van der Waals surface area contributed by atoms with E-state index in [-0.39, 0.29) is 0 Å². The third kappa shape index (κ3) is 3.25. The Morgan fingerprint density at radius 3 is 1.61 bits per heavy atom. The molecule has 0 saturated heterocycles. The fourth-order valence-corrected chi connectivity index (χ4v) is 1.80. The highest BCUT2D eigenvalue weighted by molar-refractivity contribution is 6.22. The maximum Gasteiger partial charge on any atom is 0.264 e. The zero-order valence-corrected chi connectivity index (χ0v) is 11.8. The first-order chi connectivity index (χ1) is 8.83. The van der Waals surface area contributed by atoms with E-state index >= 15 is 0 Å². The molecule has 4 heteroatoms. The molecule has 2 aromatic rings. The van der Waals surface area contributed by atoms with Crippen molar-refractivity contribution in [3.8, 4) is 32.8 Å². The van der Waals surface area contributed by atoms with Crippen LogP contribution in [-0.4, -0.2) is 42.5 Å². The van der Waals surface area contributed by atoms with E-state index in [9.17, 15) is 0 Å². The second-order valence-electron chi connectivity index (χ2n) is 3.40. The van der Waals surface area contributed by atoms with Gasteiger partial charge in [-0.15, -0.1) is 0 Å². The zero-order chi connectivity index (χ0) is 12.8. The molecule has 0 bridgehead atoms. The van der Waals surface area contributed by atoms with Crippen molar-refractivity contribution in [2.75, 3.05) is 0 Å². The third-order valence-electron chi connectivity index (χ3n) is 2.22. The van der Waals surface area contributed by atoms with Crippen molar-refractivity contribution in [1.29, 1.82) is 0 Å². The molecule has 18 heavy (non-hydrogen) atoms. The summed E-state index contributed by atoms with van der Waals surface area (Å²) in [7, 11) is 0. The molecule has 0 aliphatic rings. The Morgan fingerprint density at radius 1 is 0.778 bits per heavy atom. The van der Waals surface area contributed by atoms with E-state index in [1.807, 2.05) is 24.3 Å². The van der Waals surface area contributed by atoms with E-state index in [1.165, 1.54) is 0 Å². The molecule has 2 aromatic heterocycles. The average molecular weight is 256 g/mol. The van der Waals surface area contributed by atoms with Crippen molar-refractivity contribution >= 4 is 32.6 Å². The highest BCUT2D eigenvalue weighted by atomic mass is 27.0. The van der Waals surface area contributed by atoms with Gasteiger partial charge in [-0.25, -0.2) is 9.56 Å². The van der Waals surface area contributed by atoms with Crippen molar-refractivity contribution in [2.24, 2.45) is 0 Å². The molecule has 2 rings (SSSR count). The molecule has 4 radical (unpaired) electrons. The minimum atomic E-state index is 0.799. The van der Waals surface area contributed by atoms with Gasteiger partial charge in [0.15, 0.2) is 0 Å². The molecular weight excluding hydrogens is 250 g/mol. The summed E-state index contributed by atoms with van der Waals surface area (Å²) >= 11 is 4.75. The molecule has 2 nitrogen and oxygen atoms in total. The van der Waals surface area contributed by atoms with E-state index in [0.717, 1.165) is 22.5 Å². The Kier molecular flexibility index (Phi) is 4.62. The number of pyridine rings is 2. The molecule has 0 aromatic carbocycles. The first-order valence-corrected chi connectivity index (χ1v) is 6.34. The summed E-state index contributed by atoms with van der Waals surface area (Å²) in [5, 5.41) is 0. The van der Waals surface area contributed by atoms with Gasteiger partial charge in [0, 0.05) is 23.5 Å². The van der Waals surface area contributed by atoms with E-state index in [0.29, 0.717) is 0 Å². The van der Waals surface area contributed by atoms with Crippen LogP contribution in [0.2, 0.25) is 0 Å². The van der Waals surface area contributed by atoms with Gasteiger partial charge in [-0.05, 0) is 24.3 Å². The second-order valence-corrected chi connectivity index (χ2v) is 3.98. The number of hydrogen-bond donors (Lipinski definition) is 0. The summed E-state index contributed by atoms with van der Waals surface area (Å²) in [5.74, 6) is 5.94. The molecule has 0 unspecified atom stereocenters. The SMILES string of the molecule is [Al][C]#Cc1ccnc(-c2cc(C#[C][Al])ccn2)c1. The lowest BCUT2D eigenvalue weighted by atomic mass is 10.1. The minimum absolute atomic E-state index is 0.799. The van der Waals surface area contributed by atoms with Crippen molar-refractivity contribution in [3.05, 3.63) is 47.8 Å². The quantitative estimate of drug-likeness (QED) is 0.564. The van der Waals surface area contributed by atoms with E-state index in [2.05, 4.69) is 64.0 Å². The van der Waals surface area contributed by atoms with Gasteiger partial charge in [-0.1, -0.05) is 11.8 Å². The highest BCUT2D eigenvalue weighted by Crippen LogP contribution is 2.15. The Labute approximate surface area is 123 Å². The lowest BCUT2D eigenvalue weighted by Gasteiger charge is -2.01. The molecule has 0 saturated carbocycles. The average Bonchev–Trinajstić information content (AvgIpc) is 2.40. The Bertz CT molecular complexity index is 626. The molecule has 0 aliphatic carbocycles. The van der Waals surface area contributed by atoms with Crippen molar-refractivity contribution < 1.29 is 0 Å². The van der Waals surface area contributed by atoms with Gasteiger partial charge < -0.3 is 0 Å². The normalized spacial score (nSPS) is 8.67. The van der Waals surface area contributed by atoms with Gasteiger partial charge in [0.1, 0.15) is 0 Å². The lowest BCUT2D eigenvalue weighted by Crippen LogP contribution is -1.89. The molecule has 0 amide bonds. The van der Waals surface area contributed by atoms with Crippen LogP contribution in [0.25, 0.3) is 11.4 Å². The minimum Gasteiger partial charge on any atom is -0.255 e. The standard InChI is InChI=1S/C14H6N2.2Al/c1-3-11-5-7-15-13(9-11)14-10-12(4-2)6-8-16-14;;/h5-10H;;. The van der Waals surface area contributed by atoms with Gasteiger partial charge in [-0.2, -0.15) is 0 Å². The molecule has 0 atom stereocenters. The molecule has 0 spiro atoms. The number of nitrogens with zero attached hydrogens (tertiary/aromatic N) is 2. The van der Waals surface area contributed by atoms with E-state index < -0.39 is 0 Å². The summed E-state index contributed by atoms with van der Waals surface area (Å²) in [6.45, 7) is 0. The van der Waals surface area contributed by atoms with Gasteiger partial charge in [0.25, 0.3) is 32.6 Å². The van der Waals surface area contributed by atoms with E-state index in [1.54, 1.807) is 12.4 Å². The maximum atomic E-state index is 4.30. The van der Waals surface area contributed by atoms with Crippen LogP contribution in [0.1, 0.15) is 11.1 Å². The van der Waals surface area contributed by atoms with Crippen LogP contribution >= 0.6 is 0 Å². The van der Waals surface area contributed by atoms with Crippen LogP contribution < -0.4 is 0 Å². The van der Waals surface area contributed by atoms with Crippen LogP contribution in [-0.2, 0) is 0 Å². The van der Waals surface area contributed by atoms with Crippen molar-refractivity contribution in [1.82, 2.24) is 9.97 Å². The third-order valence-corrected chi connectivity index (χ3v) is 2.50. The number of rotatable bonds is 1. The molecule has 0 fully saturated rings. The van der Waals surface area contributed by atoms with Gasteiger partial charge in [-0.3, -0.25) is 9.97 Å². The predicted octanol–water partition coefficient (Wildman–Crippen LogP) is 1.10. The zero-order valence-electron chi connectivity index (χ0n) is 9.51. The number of aromatic nitrogens is 2. The molecular formula is C14H6Al2N2. The van der Waals surface area contributed by atoms with Crippen LogP contribution in [0.3, 0.4) is 0 Å². The topological polar surface area (TPSA) is 25.8 Å². The van der Waals surface area contributed by atoms with Gasteiger partial charge >= 0.3 is 0 Å². The van der Waals surface area contributed by atoms with Crippen molar-refractivity contribution in [3.63, 3.8) is 0 Å². The Balaban J connectivity index is 2.46. The highest BCUT2D eigenvalue weighted by Gasteiger charge is 2.01. The summed E-state index contributed by atoms with van der Waals surface area (Å²) in [6.07, 6.45) is 3.46. The van der Waals surface area contributed by atoms with Gasteiger partial charge in [0.05, 0.1) is 11.4 Å². The fraction of sp³-hybridized carbons (Fsp3) is 0. The monoisotopic (exact) mass is 256 g/mol. The predicted molar refractivity (Wildman–Crippen MR) is 72.7 cm³/mol. The summed E-state index contributed by atoms with van der Waals surface area (Å²) < 4.78 is 0. The smallest absolute Gasteiger partial charge is 0.255 e. The second kappa shape index (κ2) is 6.43. The summed E-state index contributed by atoms with van der Waals surface area (Å²) in [4.78, 5) is 14.2. The van der Waals surface area contributed by atoms with Crippen LogP contribution in [0, 0.1) is 21.4 Å². The molecule has 78 valence electrons. The van der Waals surface area contributed by atoms with Gasteiger partial charge in [0.2, 0.25) is 0 Å². The lowest BCUT2D eigenvalue weighted by molar-refractivity contribution is 1.24. The Hall–Kier alpha value is -1.52. The fourth-order valence-electron chi connectivity index (χ4n) is 1.46. The first kappa shape index (κ1) is 12.9. The van der Waals surface area contributed by atoms with Crippen molar-refractivity contribution in [2.45, 2.75) is 0 Å². The molecule has 2 heterocycles. The largest absolute Gasteiger partial charge is 0.264 e. The van der Waals surface area contributed by atoms with Crippen LogP contribution in [0.4, 0.5) is 0 Å². The molecule has 0 N–H and O–H groups in total. The van der Waals surface area contributed by atoms with Crippen LogP contribution in [0.15, 0.2) is 36.7 Å². The number of hydrogen-bond acceptors (Lipinski definition) is 2. The van der Waals surface area contributed by atoms with Crippen LogP contribution in [0.5, 0.6) is 0 Å².